The van der Waals surface area contributed by atoms with E-state index < -0.39 is 24.3 Å². The third-order valence-corrected chi connectivity index (χ3v) is 7.80. The van der Waals surface area contributed by atoms with Gasteiger partial charge in [-0.2, -0.15) is 0 Å². The Labute approximate surface area is 243 Å². The van der Waals surface area contributed by atoms with Gasteiger partial charge in [-0.25, -0.2) is 4.79 Å². The zero-order valence-corrected chi connectivity index (χ0v) is 24.1. The fourth-order valence-electron chi connectivity index (χ4n) is 5.51. The molecule has 2 heterocycles. The van der Waals surface area contributed by atoms with Gasteiger partial charge in [0.1, 0.15) is 11.5 Å². The fraction of sp³-hybridized carbons (Fsp3) is 0.606. The number of hydrogen-bond donors (Lipinski definition) is 1. The Morgan fingerprint density at radius 3 is 2.44 bits per heavy atom. The molecule has 8 nitrogen and oxygen atoms in total. The van der Waals surface area contributed by atoms with Crippen LogP contribution in [-0.2, 0) is 28.5 Å². The summed E-state index contributed by atoms with van der Waals surface area (Å²) in [5, 5.41) is 10.2. The molecule has 41 heavy (non-hydrogen) atoms. The van der Waals surface area contributed by atoms with E-state index in [2.05, 4.69) is 17.9 Å². The lowest BCUT2D eigenvalue weighted by Crippen LogP contribution is -2.50. The van der Waals surface area contributed by atoms with Crippen LogP contribution in [0.25, 0.3) is 0 Å². The minimum absolute atomic E-state index is 0.0541. The molecule has 1 N–H and O–H groups in total. The van der Waals surface area contributed by atoms with Crippen molar-refractivity contribution in [2.75, 3.05) is 19.8 Å². The molecule has 2 saturated heterocycles. The SMILES string of the molecule is Cc1cccc(OCC/C=C/[C@H]2CCC(=O)[C@@H]2CC=C=CCC(OC2CCCCO2)(OC2CCCCO2)C(=O)O)c1. The van der Waals surface area contributed by atoms with E-state index in [-0.39, 0.29) is 24.0 Å². The number of carbonyl (C=O) groups excluding carboxylic acids is 1. The molecule has 3 aliphatic rings. The van der Waals surface area contributed by atoms with Crippen LogP contribution in [0, 0.1) is 18.8 Å². The van der Waals surface area contributed by atoms with Gasteiger partial charge in [-0.05, 0) is 100 Å². The van der Waals surface area contributed by atoms with Gasteiger partial charge in [0.15, 0.2) is 12.6 Å². The van der Waals surface area contributed by atoms with Crippen molar-refractivity contribution < 1.29 is 38.4 Å². The average Bonchev–Trinajstić information content (AvgIpc) is 3.32. The summed E-state index contributed by atoms with van der Waals surface area (Å²) in [5.74, 6) is -1.96. The van der Waals surface area contributed by atoms with Gasteiger partial charge in [-0.3, -0.25) is 4.79 Å². The van der Waals surface area contributed by atoms with E-state index in [9.17, 15) is 14.7 Å². The van der Waals surface area contributed by atoms with E-state index in [1.807, 2.05) is 37.3 Å². The Hall–Kier alpha value is -2.74. The van der Waals surface area contributed by atoms with Crippen molar-refractivity contribution in [3.8, 4) is 5.75 Å². The highest BCUT2D eigenvalue weighted by Gasteiger charge is 2.46. The summed E-state index contributed by atoms with van der Waals surface area (Å²) >= 11 is 0. The summed E-state index contributed by atoms with van der Waals surface area (Å²) in [6.45, 7) is 3.68. The molecule has 0 bridgehead atoms. The third-order valence-electron chi connectivity index (χ3n) is 7.80. The smallest absolute Gasteiger partial charge is 0.364 e. The third kappa shape index (κ3) is 9.66. The molecule has 1 aromatic rings. The van der Waals surface area contributed by atoms with Crippen LogP contribution in [0.5, 0.6) is 5.75 Å². The molecule has 2 aliphatic heterocycles. The summed E-state index contributed by atoms with van der Waals surface area (Å²) in [4.78, 5) is 25.1. The molecule has 1 saturated carbocycles. The van der Waals surface area contributed by atoms with Gasteiger partial charge in [0.25, 0.3) is 5.79 Å². The van der Waals surface area contributed by atoms with Gasteiger partial charge in [-0.1, -0.05) is 24.3 Å². The normalized spacial score (nSPS) is 26.3. The van der Waals surface area contributed by atoms with E-state index in [0.29, 0.717) is 45.5 Å². The van der Waals surface area contributed by atoms with E-state index in [1.54, 1.807) is 6.08 Å². The minimum Gasteiger partial charge on any atom is -0.493 e. The molecule has 1 aromatic carbocycles. The number of aliphatic carboxylic acids is 1. The topological polar surface area (TPSA) is 101 Å². The maximum Gasteiger partial charge on any atom is 0.364 e. The highest BCUT2D eigenvalue weighted by Crippen LogP contribution is 2.33. The number of rotatable bonds is 14. The van der Waals surface area contributed by atoms with Crippen LogP contribution < -0.4 is 4.74 Å². The van der Waals surface area contributed by atoms with Crippen LogP contribution in [0.1, 0.15) is 76.2 Å². The van der Waals surface area contributed by atoms with Crippen LogP contribution in [0.15, 0.2) is 54.3 Å². The fourth-order valence-corrected chi connectivity index (χ4v) is 5.51. The predicted octanol–water partition coefficient (Wildman–Crippen LogP) is 6.27. The second kappa shape index (κ2) is 16.0. The number of carboxylic acid groups (broad SMARTS) is 1. The van der Waals surface area contributed by atoms with E-state index >= 15 is 0 Å². The summed E-state index contributed by atoms with van der Waals surface area (Å²) in [5.41, 5.74) is 4.25. The molecular formula is C33H44O8. The molecule has 0 spiro atoms. The van der Waals surface area contributed by atoms with Gasteiger partial charge in [0, 0.05) is 32.0 Å². The first-order chi connectivity index (χ1) is 19.9. The Balaban J connectivity index is 1.32. The van der Waals surface area contributed by atoms with Crippen molar-refractivity contribution >= 4 is 11.8 Å². The maximum atomic E-state index is 12.6. The number of benzene rings is 1. The molecule has 1 aliphatic carbocycles. The number of carboxylic acids is 1. The second-order valence-corrected chi connectivity index (χ2v) is 11.1. The molecular weight excluding hydrogens is 524 g/mol. The minimum atomic E-state index is -1.93. The highest BCUT2D eigenvalue weighted by atomic mass is 16.8. The van der Waals surface area contributed by atoms with Crippen LogP contribution in [0.2, 0.25) is 0 Å². The first kappa shape index (κ1) is 31.2. The van der Waals surface area contributed by atoms with Gasteiger partial charge in [0.05, 0.1) is 6.61 Å². The van der Waals surface area contributed by atoms with Crippen molar-refractivity contribution in [3.63, 3.8) is 0 Å². The van der Waals surface area contributed by atoms with Gasteiger partial charge >= 0.3 is 5.97 Å². The molecule has 4 rings (SSSR count). The largest absolute Gasteiger partial charge is 0.493 e. The van der Waals surface area contributed by atoms with Crippen LogP contribution in [-0.4, -0.2) is 55.0 Å². The van der Waals surface area contributed by atoms with E-state index in [4.69, 9.17) is 23.7 Å². The van der Waals surface area contributed by atoms with Crippen molar-refractivity contribution in [1.82, 2.24) is 0 Å². The van der Waals surface area contributed by atoms with E-state index in [0.717, 1.165) is 49.8 Å². The van der Waals surface area contributed by atoms with Gasteiger partial charge in [-0.15, -0.1) is 5.73 Å². The lowest BCUT2D eigenvalue weighted by atomic mass is 9.91. The second-order valence-electron chi connectivity index (χ2n) is 11.1. The summed E-state index contributed by atoms with van der Waals surface area (Å²) in [6.07, 6.45) is 13.9. The lowest BCUT2D eigenvalue weighted by Gasteiger charge is -2.37. The quantitative estimate of drug-likeness (QED) is 0.121. The summed E-state index contributed by atoms with van der Waals surface area (Å²) in [6, 6.07) is 7.99. The molecule has 4 atom stereocenters. The molecule has 0 radical (unpaired) electrons. The Bertz CT molecular complexity index is 1060. The zero-order chi connectivity index (χ0) is 28.9. The van der Waals surface area contributed by atoms with E-state index in [1.165, 1.54) is 0 Å². The molecule has 3 fully saturated rings. The number of aryl methyl sites for hydroxylation is 1. The number of ether oxygens (including phenoxy) is 5. The molecule has 8 heteroatoms. The maximum absolute atomic E-state index is 12.6. The lowest BCUT2D eigenvalue weighted by molar-refractivity contribution is -0.349. The standard InChI is InChI=1S/C33H44O8/c1-25-12-11-14-27(24-25)37-21-8-4-13-26-18-19-29(34)28(26)15-3-2-7-20-33(32(35)36,40-30-16-5-9-22-38-30)41-31-17-6-10-23-39-31/h3-4,7,11-14,24,26,28,30-31H,5-6,8-10,15-23H2,1H3,(H,35,36)/b13-4+/t2?,26-,28+,30?,31?,33?/m0/s1. The van der Waals surface area contributed by atoms with Crippen molar-refractivity contribution in [3.05, 3.63) is 59.9 Å². The number of Topliss-reactive ketones (excluding diaryl/α,β-unsaturated/α-hetero) is 1. The Kier molecular flexibility index (Phi) is 12.2. The average molecular weight is 569 g/mol. The number of allylic oxidation sites excluding steroid dienone is 1. The predicted molar refractivity (Wildman–Crippen MR) is 153 cm³/mol. The summed E-state index contributed by atoms with van der Waals surface area (Å²) in [7, 11) is 0. The van der Waals surface area contributed by atoms with Crippen LogP contribution in [0.3, 0.4) is 0 Å². The van der Waals surface area contributed by atoms with Gasteiger partial charge < -0.3 is 28.8 Å². The highest BCUT2D eigenvalue weighted by molar-refractivity contribution is 5.83. The number of carbonyl (C=O) groups is 2. The van der Waals surface area contributed by atoms with Crippen molar-refractivity contribution in [2.45, 2.75) is 95.9 Å². The van der Waals surface area contributed by atoms with Crippen molar-refractivity contribution in [1.29, 1.82) is 0 Å². The first-order valence-electron chi connectivity index (χ1n) is 15.1. The first-order valence-corrected chi connectivity index (χ1v) is 15.1. The van der Waals surface area contributed by atoms with Crippen molar-refractivity contribution in [2.24, 2.45) is 11.8 Å². The molecule has 0 aromatic heterocycles. The Morgan fingerprint density at radius 1 is 1.07 bits per heavy atom. The number of ketones is 1. The molecule has 2 unspecified atom stereocenters. The molecule has 224 valence electrons. The zero-order valence-electron chi connectivity index (χ0n) is 24.1. The monoisotopic (exact) mass is 568 g/mol. The van der Waals surface area contributed by atoms with Crippen LogP contribution in [0.4, 0.5) is 0 Å². The Morgan fingerprint density at radius 2 is 1.80 bits per heavy atom. The molecule has 0 amide bonds. The number of hydrogen-bond acceptors (Lipinski definition) is 7. The van der Waals surface area contributed by atoms with Gasteiger partial charge in [0.2, 0.25) is 0 Å². The van der Waals surface area contributed by atoms with Crippen LogP contribution >= 0.6 is 0 Å². The summed E-state index contributed by atoms with van der Waals surface area (Å²) < 4.78 is 29.1.